The quantitative estimate of drug-likeness (QED) is 0.178. The van der Waals surface area contributed by atoms with Crippen LogP contribution >= 0.6 is 22.7 Å². The largest absolute Gasteiger partial charge is 0.278 e. The molecule has 0 atom stereocenters. The van der Waals surface area contributed by atoms with E-state index >= 15 is 0 Å². The summed E-state index contributed by atoms with van der Waals surface area (Å²) in [6.07, 6.45) is 0. The number of para-hydroxylation sites is 3. The van der Waals surface area contributed by atoms with E-state index in [1.807, 2.05) is 12.1 Å². The first-order valence-electron chi connectivity index (χ1n) is 17.5. The smallest absolute Gasteiger partial charge is 0.238 e. The molecular weight excluding hydrogens is 687 g/mol. The maximum absolute atomic E-state index is 5.30. The molecule has 0 saturated heterocycles. The van der Waals surface area contributed by atoms with Crippen molar-refractivity contribution < 1.29 is 0 Å². The van der Waals surface area contributed by atoms with Gasteiger partial charge in [-0.25, -0.2) is 9.97 Å². The Morgan fingerprint density at radius 2 is 1.04 bits per heavy atom. The number of hydrogen-bond donors (Lipinski definition) is 0. The van der Waals surface area contributed by atoms with Crippen molar-refractivity contribution >= 4 is 74.9 Å². The third kappa shape index (κ3) is 4.97. The second-order valence-electron chi connectivity index (χ2n) is 13.1. The average molecular weight is 714 g/mol. The lowest BCUT2D eigenvalue weighted by molar-refractivity contribution is 0.954. The zero-order chi connectivity index (χ0) is 34.9. The number of nitrogens with zero attached hydrogens (tertiary/aromatic N) is 5. The molecule has 0 amide bonds. The molecule has 0 N–H and O–H groups in total. The van der Waals surface area contributed by atoms with Crippen LogP contribution in [0.4, 0.5) is 0 Å². The highest BCUT2D eigenvalue weighted by Gasteiger charge is 2.20. The predicted octanol–water partition coefficient (Wildman–Crippen LogP) is 12.6. The van der Waals surface area contributed by atoms with Crippen LogP contribution in [0.2, 0.25) is 0 Å². The molecule has 0 aliphatic carbocycles. The van der Waals surface area contributed by atoms with Gasteiger partial charge in [-0.2, -0.15) is 9.97 Å². The molecule has 4 aromatic heterocycles. The molecule has 11 rings (SSSR count). The van der Waals surface area contributed by atoms with Crippen LogP contribution in [0.25, 0.3) is 103 Å². The molecule has 0 saturated carbocycles. The lowest BCUT2D eigenvalue weighted by Gasteiger charge is -2.12. The minimum atomic E-state index is 0.587. The SMILES string of the molecule is c1ccc(-c2ccc(-c3nc(-c4cccc5sc6cc(-c7nc8ccccc8s7)ccc6c45)nc(-n4c5ccccc5c5ccccc54)n3)cc2)cc1. The summed E-state index contributed by atoms with van der Waals surface area (Å²) in [5.41, 5.74) is 8.49. The van der Waals surface area contributed by atoms with Gasteiger partial charge in [0.25, 0.3) is 0 Å². The Morgan fingerprint density at radius 1 is 0.396 bits per heavy atom. The van der Waals surface area contributed by atoms with Gasteiger partial charge in [-0.05, 0) is 47.5 Å². The van der Waals surface area contributed by atoms with Crippen molar-refractivity contribution in [1.82, 2.24) is 24.5 Å². The van der Waals surface area contributed by atoms with E-state index in [2.05, 4.69) is 156 Å². The third-order valence-corrected chi connectivity index (χ3v) is 12.1. The number of fused-ring (bicyclic) bond motifs is 7. The molecule has 0 spiro atoms. The summed E-state index contributed by atoms with van der Waals surface area (Å²) < 4.78 is 5.76. The lowest BCUT2D eigenvalue weighted by Crippen LogP contribution is -2.06. The molecule has 7 heteroatoms. The van der Waals surface area contributed by atoms with Crippen molar-refractivity contribution in [3.05, 3.63) is 164 Å². The summed E-state index contributed by atoms with van der Waals surface area (Å²) in [5.74, 6) is 1.85. The van der Waals surface area contributed by atoms with Gasteiger partial charge < -0.3 is 0 Å². The first kappa shape index (κ1) is 30.1. The summed E-state index contributed by atoms with van der Waals surface area (Å²) in [4.78, 5) is 20.7. The minimum absolute atomic E-state index is 0.587. The van der Waals surface area contributed by atoms with Crippen LogP contribution < -0.4 is 0 Å². The normalized spacial score (nSPS) is 11.8. The first-order valence-corrected chi connectivity index (χ1v) is 19.1. The second-order valence-corrected chi connectivity index (χ2v) is 15.2. The van der Waals surface area contributed by atoms with Crippen molar-refractivity contribution in [3.63, 3.8) is 0 Å². The standard InChI is InChI=1S/C46H27N5S2/c1-2-11-28(12-3-1)29-21-23-30(24-22-29)43-48-44(50-46(49-43)51-37-17-7-4-13-32(37)33-14-5-8-18-38(33)51)35-15-10-20-40-42(35)34-26-25-31(27-41(34)52-40)45-47-36-16-6-9-19-39(36)53-45/h1-27H. The summed E-state index contributed by atoms with van der Waals surface area (Å²) in [5, 5.41) is 5.68. The first-order chi connectivity index (χ1) is 26.2. The predicted molar refractivity (Wildman–Crippen MR) is 222 cm³/mol. The van der Waals surface area contributed by atoms with Crippen molar-refractivity contribution in [2.75, 3.05) is 0 Å². The van der Waals surface area contributed by atoms with Crippen LogP contribution in [0, 0.1) is 0 Å². The van der Waals surface area contributed by atoms with Crippen molar-refractivity contribution in [3.8, 4) is 50.4 Å². The topological polar surface area (TPSA) is 56.5 Å². The van der Waals surface area contributed by atoms with Gasteiger partial charge in [0.2, 0.25) is 5.95 Å². The fourth-order valence-electron chi connectivity index (χ4n) is 7.44. The Morgan fingerprint density at radius 3 is 1.83 bits per heavy atom. The van der Waals surface area contributed by atoms with Crippen LogP contribution in [0.15, 0.2) is 164 Å². The molecule has 248 valence electrons. The summed E-state index contributed by atoms with van der Waals surface area (Å²) >= 11 is 3.52. The van der Waals surface area contributed by atoms with Crippen molar-refractivity contribution in [2.45, 2.75) is 0 Å². The van der Waals surface area contributed by atoms with Crippen LogP contribution in [0.1, 0.15) is 0 Å². The number of hydrogen-bond acceptors (Lipinski definition) is 6. The molecule has 7 aromatic carbocycles. The van der Waals surface area contributed by atoms with Crippen LogP contribution in [0.5, 0.6) is 0 Å². The lowest BCUT2D eigenvalue weighted by atomic mass is 10.0. The number of thiazole rings is 1. The molecule has 0 aliphatic heterocycles. The monoisotopic (exact) mass is 713 g/mol. The molecule has 11 aromatic rings. The molecule has 0 radical (unpaired) electrons. The van der Waals surface area contributed by atoms with Crippen LogP contribution in [-0.4, -0.2) is 24.5 Å². The summed E-state index contributed by atoms with van der Waals surface area (Å²) in [6, 6.07) is 57.4. The van der Waals surface area contributed by atoms with Crippen molar-refractivity contribution in [1.29, 1.82) is 0 Å². The Bertz CT molecular complexity index is 3090. The summed E-state index contributed by atoms with van der Waals surface area (Å²) in [7, 11) is 0. The van der Waals surface area contributed by atoms with Crippen LogP contribution in [-0.2, 0) is 0 Å². The number of thiophene rings is 1. The van der Waals surface area contributed by atoms with Gasteiger partial charge >= 0.3 is 0 Å². The highest BCUT2D eigenvalue weighted by Crippen LogP contribution is 2.42. The Labute approximate surface area is 312 Å². The molecule has 0 fully saturated rings. The summed E-state index contributed by atoms with van der Waals surface area (Å²) in [6.45, 7) is 0. The molecule has 0 bridgehead atoms. The van der Waals surface area contributed by atoms with E-state index in [-0.39, 0.29) is 0 Å². The average Bonchev–Trinajstić information content (AvgIpc) is 3.93. The van der Waals surface area contributed by atoms with Gasteiger partial charge in [0.1, 0.15) is 5.01 Å². The molecule has 0 aliphatic rings. The van der Waals surface area contributed by atoms with Gasteiger partial charge in [-0.15, -0.1) is 22.7 Å². The van der Waals surface area contributed by atoms with Gasteiger partial charge in [-0.3, -0.25) is 4.57 Å². The van der Waals surface area contributed by atoms with E-state index in [9.17, 15) is 0 Å². The zero-order valence-electron chi connectivity index (χ0n) is 28.1. The number of aromatic nitrogens is 5. The van der Waals surface area contributed by atoms with E-state index in [0.717, 1.165) is 60.0 Å². The molecule has 5 nitrogen and oxygen atoms in total. The molecule has 53 heavy (non-hydrogen) atoms. The number of rotatable bonds is 5. The van der Waals surface area contributed by atoms with E-state index in [1.165, 1.54) is 25.0 Å². The number of benzene rings is 7. The van der Waals surface area contributed by atoms with E-state index in [1.54, 1.807) is 22.7 Å². The highest BCUT2D eigenvalue weighted by molar-refractivity contribution is 7.26. The van der Waals surface area contributed by atoms with E-state index < -0.39 is 0 Å². The highest BCUT2D eigenvalue weighted by atomic mass is 32.1. The van der Waals surface area contributed by atoms with E-state index in [0.29, 0.717) is 17.6 Å². The molecule has 0 unspecified atom stereocenters. The maximum Gasteiger partial charge on any atom is 0.238 e. The Hall–Kier alpha value is -6.54. The van der Waals surface area contributed by atoms with Gasteiger partial charge in [-0.1, -0.05) is 127 Å². The molecule has 4 heterocycles. The van der Waals surface area contributed by atoms with Gasteiger partial charge in [0.15, 0.2) is 11.6 Å². The zero-order valence-corrected chi connectivity index (χ0v) is 29.8. The minimum Gasteiger partial charge on any atom is -0.278 e. The Balaban J connectivity index is 1.12. The fourth-order valence-corrected chi connectivity index (χ4v) is 9.57. The van der Waals surface area contributed by atoms with Gasteiger partial charge in [0, 0.05) is 47.6 Å². The fraction of sp³-hybridized carbons (Fsp3) is 0. The van der Waals surface area contributed by atoms with Crippen LogP contribution in [0.3, 0.4) is 0 Å². The van der Waals surface area contributed by atoms with Gasteiger partial charge in [0.05, 0.1) is 21.3 Å². The van der Waals surface area contributed by atoms with E-state index in [4.69, 9.17) is 19.9 Å². The maximum atomic E-state index is 5.30. The third-order valence-electron chi connectivity index (χ3n) is 9.93. The van der Waals surface area contributed by atoms with Crippen molar-refractivity contribution in [2.24, 2.45) is 0 Å². The second kappa shape index (κ2) is 12.0. The Kier molecular flexibility index (Phi) is 6.83. The molecular formula is C46H27N5S2.